The number of aliphatic hydroxyl groups excluding tert-OH is 2. The predicted molar refractivity (Wildman–Crippen MR) is 141 cm³/mol. The molecule has 0 spiro atoms. The van der Waals surface area contributed by atoms with E-state index in [1.807, 2.05) is 12.1 Å². The van der Waals surface area contributed by atoms with Crippen LogP contribution in [0.3, 0.4) is 0 Å². The molecule has 8 nitrogen and oxygen atoms in total. The number of aryl methyl sites for hydroxylation is 1. The average Bonchev–Trinajstić information content (AvgIpc) is 3.41. The lowest BCUT2D eigenvalue weighted by molar-refractivity contribution is 0.0886. The van der Waals surface area contributed by atoms with E-state index in [0.717, 1.165) is 5.56 Å². The van der Waals surface area contributed by atoms with Crippen molar-refractivity contribution >= 4 is 29.2 Å². The van der Waals surface area contributed by atoms with E-state index in [0.29, 0.717) is 40.3 Å². The summed E-state index contributed by atoms with van der Waals surface area (Å²) >= 11 is 7.07. The minimum Gasteiger partial charge on any atom is -0.444 e. The van der Waals surface area contributed by atoms with Gasteiger partial charge in [-0.1, -0.05) is 47.6 Å². The van der Waals surface area contributed by atoms with E-state index < -0.39 is 11.9 Å². The molecular weight excluding hydrogens is 529 g/mol. The summed E-state index contributed by atoms with van der Waals surface area (Å²) in [5.41, 5.74) is 9.42. The summed E-state index contributed by atoms with van der Waals surface area (Å²) in [5.74, 6) is 0.0116. The smallest absolute Gasteiger partial charge is 0.226 e. The van der Waals surface area contributed by atoms with Gasteiger partial charge in [-0.3, -0.25) is 0 Å². The molecule has 4 N–H and O–H groups in total. The number of nitrogens with two attached hydrogens (primary N) is 1. The monoisotopic (exact) mass is 549 g/mol. The molecular formula is C27H21ClFN5O3S. The highest BCUT2D eigenvalue weighted by Gasteiger charge is 2.21. The van der Waals surface area contributed by atoms with Gasteiger partial charge in [-0.25, -0.2) is 14.4 Å². The van der Waals surface area contributed by atoms with Crippen LogP contribution < -0.4 is 5.73 Å². The Labute approximate surface area is 227 Å². The van der Waals surface area contributed by atoms with E-state index in [-0.39, 0.29) is 40.2 Å². The number of benzene rings is 2. The van der Waals surface area contributed by atoms with Gasteiger partial charge in [0.05, 0.1) is 29.0 Å². The Morgan fingerprint density at radius 3 is 2.45 bits per heavy atom. The first kappa shape index (κ1) is 27.1. The second-order valence-electron chi connectivity index (χ2n) is 8.28. The highest BCUT2D eigenvalue weighted by atomic mass is 35.5. The second-order valence-corrected chi connectivity index (χ2v) is 9.66. The van der Waals surface area contributed by atoms with E-state index in [9.17, 15) is 20.0 Å². The van der Waals surface area contributed by atoms with Crippen LogP contribution in [0.25, 0.3) is 22.6 Å². The van der Waals surface area contributed by atoms with Gasteiger partial charge < -0.3 is 20.4 Å². The maximum Gasteiger partial charge on any atom is 0.226 e. The molecule has 4 aromatic rings. The van der Waals surface area contributed by atoms with Crippen molar-refractivity contribution in [2.24, 2.45) is 0 Å². The number of nitriles is 2. The third-order valence-electron chi connectivity index (χ3n) is 5.71. The molecule has 0 unspecified atom stereocenters. The van der Waals surface area contributed by atoms with Crippen LogP contribution in [0.15, 0.2) is 58.2 Å². The zero-order valence-corrected chi connectivity index (χ0v) is 21.4. The third kappa shape index (κ3) is 5.96. The van der Waals surface area contributed by atoms with E-state index in [1.165, 1.54) is 36.2 Å². The van der Waals surface area contributed by atoms with Crippen molar-refractivity contribution in [3.63, 3.8) is 0 Å². The molecule has 0 saturated carbocycles. The summed E-state index contributed by atoms with van der Waals surface area (Å²) in [6.45, 7) is -0.303. The topological polar surface area (TPSA) is 153 Å². The molecule has 192 valence electrons. The number of nitrogens with zero attached hydrogens (tertiary/aromatic N) is 4. The van der Waals surface area contributed by atoms with E-state index in [4.69, 9.17) is 26.9 Å². The molecule has 2 aromatic heterocycles. The number of thioether (sulfide) groups is 1. The van der Waals surface area contributed by atoms with Gasteiger partial charge in [0.25, 0.3) is 0 Å². The van der Waals surface area contributed by atoms with Crippen LogP contribution in [0.4, 0.5) is 10.2 Å². The molecule has 0 amide bonds. The fourth-order valence-corrected chi connectivity index (χ4v) is 4.78. The number of nitrogen functional groups attached to an aromatic ring is 1. The van der Waals surface area contributed by atoms with Gasteiger partial charge in [-0.2, -0.15) is 10.5 Å². The van der Waals surface area contributed by atoms with Gasteiger partial charge in [0, 0.05) is 16.9 Å². The second kappa shape index (κ2) is 12.1. The molecule has 38 heavy (non-hydrogen) atoms. The Morgan fingerprint density at radius 2 is 1.79 bits per heavy atom. The quantitative estimate of drug-likeness (QED) is 0.242. The van der Waals surface area contributed by atoms with Crippen LogP contribution in [0.1, 0.15) is 28.8 Å². The molecule has 4 rings (SSSR count). The van der Waals surface area contributed by atoms with E-state index >= 15 is 0 Å². The lowest BCUT2D eigenvalue weighted by Gasteiger charge is -2.13. The molecule has 0 aliphatic heterocycles. The van der Waals surface area contributed by atoms with Gasteiger partial charge >= 0.3 is 0 Å². The molecule has 0 saturated heterocycles. The van der Waals surface area contributed by atoms with Crippen molar-refractivity contribution in [1.82, 2.24) is 9.97 Å². The number of aromatic nitrogens is 2. The lowest BCUT2D eigenvalue weighted by atomic mass is 9.95. The number of hydrogen-bond acceptors (Lipinski definition) is 9. The maximum atomic E-state index is 13.5. The lowest BCUT2D eigenvalue weighted by Crippen LogP contribution is -2.12. The van der Waals surface area contributed by atoms with Gasteiger partial charge in [0.15, 0.2) is 0 Å². The number of hydrogen-bond donors (Lipinski definition) is 3. The van der Waals surface area contributed by atoms with Gasteiger partial charge in [0.1, 0.15) is 40.6 Å². The van der Waals surface area contributed by atoms with Crippen molar-refractivity contribution in [3.05, 3.63) is 82.0 Å². The zero-order valence-electron chi connectivity index (χ0n) is 19.9. The first-order chi connectivity index (χ1) is 18.3. The number of pyridine rings is 1. The SMILES string of the molecule is N#Cc1c(N)nc(SCc2coc(-c3ccc(F)c(Cl)c3)n2)c(C#N)c1-c1ccc(CC[C@@H](O)CO)cc1. The summed E-state index contributed by atoms with van der Waals surface area (Å²) in [6, 6.07) is 15.6. The molecule has 0 aliphatic rings. The highest BCUT2D eigenvalue weighted by molar-refractivity contribution is 7.98. The molecule has 1 atom stereocenters. The normalized spacial score (nSPS) is 11.6. The Hall–Kier alpha value is -3.93. The first-order valence-corrected chi connectivity index (χ1v) is 12.8. The number of aliphatic hydroxyl groups is 2. The molecule has 0 radical (unpaired) electrons. The summed E-state index contributed by atoms with van der Waals surface area (Å²) in [7, 11) is 0. The average molecular weight is 550 g/mol. The van der Waals surface area contributed by atoms with Crippen molar-refractivity contribution in [2.75, 3.05) is 12.3 Å². The Kier molecular flexibility index (Phi) is 8.62. The molecule has 2 heterocycles. The number of halogens is 2. The Morgan fingerprint density at radius 1 is 1.08 bits per heavy atom. The van der Waals surface area contributed by atoms with E-state index in [2.05, 4.69) is 22.1 Å². The van der Waals surface area contributed by atoms with Gasteiger partial charge in [-0.05, 0) is 42.2 Å². The molecule has 2 aromatic carbocycles. The fourth-order valence-electron chi connectivity index (χ4n) is 3.73. The van der Waals surface area contributed by atoms with Crippen LogP contribution in [0.2, 0.25) is 5.02 Å². The largest absolute Gasteiger partial charge is 0.444 e. The standard InChI is InChI=1S/C27H21ClFN5O3S/c28-22-9-17(6-8-23(22)29)26-33-18(13-37-26)14-38-27-21(11-31)24(20(10-30)25(32)34-27)16-4-1-15(2-5-16)3-7-19(36)12-35/h1-2,4-6,8-9,13,19,35-36H,3,7,12,14H2,(H2,32,34)/t19-/m1/s1. The molecule has 0 fully saturated rings. The van der Waals surface area contributed by atoms with Crippen molar-refractivity contribution in [1.29, 1.82) is 10.5 Å². The minimum atomic E-state index is -0.793. The highest BCUT2D eigenvalue weighted by Crippen LogP contribution is 2.37. The summed E-state index contributed by atoms with van der Waals surface area (Å²) in [6.07, 6.45) is 1.62. The van der Waals surface area contributed by atoms with Gasteiger partial charge in [0.2, 0.25) is 5.89 Å². The Bertz CT molecular complexity index is 1550. The minimum absolute atomic E-state index is 0.000871. The van der Waals surface area contributed by atoms with Gasteiger partial charge in [-0.15, -0.1) is 0 Å². The van der Waals surface area contributed by atoms with Crippen LogP contribution >= 0.6 is 23.4 Å². The summed E-state index contributed by atoms with van der Waals surface area (Å²) < 4.78 is 19.0. The van der Waals surface area contributed by atoms with Crippen LogP contribution in [0.5, 0.6) is 0 Å². The predicted octanol–water partition coefficient (Wildman–Crippen LogP) is 5.10. The number of rotatable bonds is 9. The first-order valence-electron chi connectivity index (χ1n) is 11.4. The summed E-state index contributed by atoms with van der Waals surface area (Å²) in [5, 5.41) is 38.7. The van der Waals surface area contributed by atoms with Crippen molar-refractivity contribution in [2.45, 2.75) is 29.7 Å². The maximum absolute atomic E-state index is 13.5. The fraction of sp³-hybridized carbons (Fsp3) is 0.185. The molecule has 0 bridgehead atoms. The van der Waals surface area contributed by atoms with Crippen LogP contribution in [-0.4, -0.2) is 32.9 Å². The van der Waals surface area contributed by atoms with Crippen LogP contribution in [-0.2, 0) is 12.2 Å². The number of oxazole rings is 1. The van der Waals surface area contributed by atoms with E-state index in [1.54, 1.807) is 12.1 Å². The van der Waals surface area contributed by atoms with Crippen LogP contribution in [0, 0.1) is 28.5 Å². The molecule has 0 aliphatic carbocycles. The Balaban J connectivity index is 1.60. The molecule has 11 heteroatoms. The summed E-state index contributed by atoms with van der Waals surface area (Å²) in [4.78, 5) is 8.71. The number of anilines is 1. The van der Waals surface area contributed by atoms with Crippen molar-refractivity contribution in [3.8, 4) is 34.7 Å². The third-order valence-corrected chi connectivity index (χ3v) is 7.01. The zero-order chi connectivity index (χ0) is 27.2. The van der Waals surface area contributed by atoms with Crippen molar-refractivity contribution < 1.29 is 19.0 Å².